The lowest BCUT2D eigenvalue weighted by atomic mass is 10.2. The van der Waals surface area contributed by atoms with E-state index in [1.54, 1.807) is 25.1 Å². The molecule has 27 heavy (non-hydrogen) atoms. The Balaban J connectivity index is 2.01. The lowest BCUT2D eigenvalue weighted by Crippen LogP contribution is -2.28. The van der Waals surface area contributed by atoms with Gasteiger partial charge in [-0.1, -0.05) is 28.9 Å². The fraction of sp³-hybridized carbons (Fsp3) is 0.235. The second-order valence-electron chi connectivity index (χ2n) is 5.87. The van der Waals surface area contributed by atoms with Crippen LogP contribution in [0.2, 0.25) is 5.02 Å². The Morgan fingerprint density at radius 2 is 2.00 bits per heavy atom. The molecule has 0 aliphatic carbocycles. The summed E-state index contributed by atoms with van der Waals surface area (Å²) >= 11 is 6.08. The van der Waals surface area contributed by atoms with E-state index in [-0.39, 0.29) is 22.9 Å². The Morgan fingerprint density at radius 1 is 1.30 bits per heavy atom. The number of halogens is 4. The fourth-order valence-corrected chi connectivity index (χ4v) is 2.69. The van der Waals surface area contributed by atoms with Crippen molar-refractivity contribution in [1.29, 1.82) is 0 Å². The molecular weight excluding hydrogens is 385 g/mol. The molecule has 0 aliphatic heterocycles. The zero-order valence-corrected chi connectivity index (χ0v) is 15.0. The maximum atomic E-state index is 13.2. The molecule has 1 amide bonds. The van der Waals surface area contributed by atoms with Crippen molar-refractivity contribution in [2.45, 2.75) is 19.6 Å². The van der Waals surface area contributed by atoms with Crippen LogP contribution < -0.4 is 0 Å². The van der Waals surface area contributed by atoms with Crippen LogP contribution in [0.15, 0.2) is 40.9 Å². The van der Waals surface area contributed by atoms with Gasteiger partial charge in [0.1, 0.15) is 5.69 Å². The summed E-state index contributed by atoms with van der Waals surface area (Å²) in [5.74, 6) is -0.268. The van der Waals surface area contributed by atoms with Gasteiger partial charge in [0.15, 0.2) is 11.5 Å². The highest BCUT2D eigenvalue weighted by molar-refractivity contribution is 6.32. The number of hydrogen-bond acceptors (Lipinski definition) is 4. The first kappa shape index (κ1) is 19.0. The van der Waals surface area contributed by atoms with Crippen molar-refractivity contribution in [1.82, 2.24) is 19.8 Å². The number of aromatic nitrogens is 3. The van der Waals surface area contributed by atoms with E-state index in [1.807, 2.05) is 0 Å². The summed E-state index contributed by atoms with van der Waals surface area (Å²) in [4.78, 5) is 14.0. The van der Waals surface area contributed by atoms with Gasteiger partial charge in [0.2, 0.25) is 0 Å². The van der Waals surface area contributed by atoms with Crippen LogP contribution in [0.4, 0.5) is 13.2 Å². The van der Waals surface area contributed by atoms with Crippen LogP contribution >= 0.6 is 11.6 Å². The highest BCUT2D eigenvalue weighted by Crippen LogP contribution is 2.31. The topological polar surface area (TPSA) is 64.2 Å². The van der Waals surface area contributed by atoms with E-state index >= 15 is 0 Å². The number of nitrogens with zero attached hydrogens (tertiary/aromatic N) is 4. The lowest BCUT2D eigenvalue weighted by Gasteiger charge is -2.16. The van der Waals surface area contributed by atoms with Crippen LogP contribution in [0.5, 0.6) is 0 Å². The van der Waals surface area contributed by atoms with Gasteiger partial charge in [0.25, 0.3) is 5.91 Å². The van der Waals surface area contributed by atoms with E-state index in [4.69, 9.17) is 16.1 Å². The summed E-state index contributed by atoms with van der Waals surface area (Å²) in [6, 6.07) is 8.53. The summed E-state index contributed by atoms with van der Waals surface area (Å²) in [5, 5.41) is 7.43. The van der Waals surface area contributed by atoms with Gasteiger partial charge >= 0.3 is 6.18 Å². The molecule has 142 valence electrons. The van der Waals surface area contributed by atoms with Crippen LogP contribution in [-0.2, 0) is 12.7 Å². The van der Waals surface area contributed by atoms with E-state index in [0.29, 0.717) is 17.5 Å². The van der Waals surface area contributed by atoms with Crippen LogP contribution in [0.3, 0.4) is 0 Å². The van der Waals surface area contributed by atoms with Gasteiger partial charge in [0, 0.05) is 19.2 Å². The molecule has 3 aromatic rings. The minimum Gasteiger partial charge on any atom is -0.359 e. The lowest BCUT2D eigenvalue weighted by molar-refractivity contribution is -0.141. The third-order valence-corrected chi connectivity index (χ3v) is 4.04. The summed E-state index contributed by atoms with van der Waals surface area (Å²) in [7, 11) is 1.44. The molecule has 0 fully saturated rings. The predicted molar refractivity (Wildman–Crippen MR) is 90.6 cm³/mol. The average molecular weight is 399 g/mol. The normalized spacial score (nSPS) is 11.6. The maximum Gasteiger partial charge on any atom is 0.435 e. The van der Waals surface area contributed by atoms with Crippen molar-refractivity contribution in [2.24, 2.45) is 0 Å². The second kappa shape index (κ2) is 7.07. The summed E-state index contributed by atoms with van der Waals surface area (Å²) in [6.45, 7) is 1.76. The van der Waals surface area contributed by atoms with E-state index in [1.165, 1.54) is 24.1 Å². The second-order valence-corrected chi connectivity index (χ2v) is 6.28. The largest absolute Gasteiger partial charge is 0.435 e. The quantitative estimate of drug-likeness (QED) is 0.663. The Morgan fingerprint density at radius 3 is 2.59 bits per heavy atom. The minimum absolute atomic E-state index is 0.0364. The van der Waals surface area contributed by atoms with Crippen molar-refractivity contribution in [3.63, 3.8) is 0 Å². The smallest absolute Gasteiger partial charge is 0.359 e. The van der Waals surface area contributed by atoms with Crippen molar-refractivity contribution >= 4 is 17.5 Å². The molecule has 0 atom stereocenters. The summed E-state index contributed by atoms with van der Waals surface area (Å²) < 4.78 is 45.4. The van der Waals surface area contributed by atoms with Gasteiger partial charge < -0.3 is 9.42 Å². The molecule has 3 rings (SSSR count). The molecule has 0 unspecified atom stereocenters. The van der Waals surface area contributed by atoms with Crippen molar-refractivity contribution in [3.8, 4) is 5.69 Å². The minimum atomic E-state index is -4.71. The monoisotopic (exact) mass is 398 g/mol. The standard InChI is InChI=1S/C17H14ClF3N4O2/c1-10-7-11(27-23-10)9-24(2)16(26)14-8-15(17(19,20)21)22-25(14)13-6-4-3-5-12(13)18/h3-8H,9H2,1-2H3. The Bertz CT molecular complexity index is 981. The van der Waals surface area contributed by atoms with Crippen LogP contribution in [0, 0.1) is 6.92 Å². The number of aryl methyl sites for hydroxylation is 1. The molecule has 10 heteroatoms. The van der Waals surface area contributed by atoms with Gasteiger partial charge in [-0.25, -0.2) is 4.68 Å². The first-order chi connectivity index (χ1) is 12.7. The summed E-state index contributed by atoms with van der Waals surface area (Å²) in [6.07, 6.45) is -4.71. The number of carbonyl (C=O) groups is 1. The fourth-order valence-electron chi connectivity index (χ4n) is 2.47. The molecule has 2 aromatic heterocycles. The zero-order valence-electron chi connectivity index (χ0n) is 14.3. The number of alkyl halides is 3. The van der Waals surface area contributed by atoms with Gasteiger partial charge in [0.05, 0.1) is 22.9 Å². The van der Waals surface area contributed by atoms with Crippen molar-refractivity contribution in [3.05, 3.63) is 64.3 Å². The average Bonchev–Trinajstić information content (AvgIpc) is 3.21. The van der Waals surface area contributed by atoms with E-state index < -0.39 is 17.8 Å². The molecule has 0 aliphatic rings. The molecule has 0 saturated heterocycles. The molecule has 0 N–H and O–H groups in total. The third-order valence-electron chi connectivity index (χ3n) is 3.72. The van der Waals surface area contributed by atoms with Gasteiger partial charge in [-0.05, 0) is 19.1 Å². The number of amides is 1. The molecule has 1 aromatic carbocycles. The highest BCUT2D eigenvalue weighted by Gasteiger charge is 2.36. The first-order valence-electron chi connectivity index (χ1n) is 7.76. The van der Waals surface area contributed by atoms with E-state index in [0.717, 1.165) is 4.68 Å². The molecule has 2 heterocycles. The molecule has 0 spiro atoms. The number of benzene rings is 1. The Labute approximate surface area is 157 Å². The SMILES string of the molecule is Cc1cc(CN(C)C(=O)c2cc(C(F)(F)F)nn2-c2ccccc2Cl)on1. The van der Waals surface area contributed by atoms with Gasteiger partial charge in [-0.2, -0.15) is 18.3 Å². The number of hydrogen-bond donors (Lipinski definition) is 0. The maximum absolute atomic E-state index is 13.2. The molecular formula is C17H14ClF3N4O2. The van der Waals surface area contributed by atoms with E-state index in [9.17, 15) is 18.0 Å². The zero-order chi connectivity index (χ0) is 19.8. The first-order valence-corrected chi connectivity index (χ1v) is 8.14. The van der Waals surface area contributed by atoms with Crippen LogP contribution in [0.25, 0.3) is 5.69 Å². The van der Waals surface area contributed by atoms with Crippen LogP contribution in [-0.4, -0.2) is 32.8 Å². The van der Waals surface area contributed by atoms with Crippen molar-refractivity contribution in [2.75, 3.05) is 7.05 Å². The molecule has 6 nitrogen and oxygen atoms in total. The predicted octanol–water partition coefficient (Wildman–Crippen LogP) is 4.11. The van der Waals surface area contributed by atoms with E-state index in [2.05, 4.69) is 10.3 Å². The summed E-state index contributed by atoms with van der Waals surface area (Å²) in [5.41, 5.74) is -0.655. The highest BCUT2D eigenvalue weighted by atomic mass is 35.5. The molecule has 0 radical (unpaired) electrons. The number of rotatable bonds is 4. The number of para-hydroxylation sites is 1. The van der Waals surface area contributed by atoms with Crippen LogP contribution in [0.1, 0.15) is 27.6 Å². The van der Waals surface area contributed by atoms with Gasteiger partial charge in [-0.15, -0.1) is 0 Å². The third kappa shape index (κ3) is 3.97. The Hall–Kier alpha value is -2.81. The van der Waals surface area contributed by atoms with Gasteiger partial charge in [-0.3, -0.25) is 4.79 Å². The number of carbonyl (C=O) groups excluding carboxylic acids is 1. The molecule has 0 saturated carbocycles. The molecule has 0 bridgehead atoms. The Kier molecular flexibility index (Phi) is 4.97. The van der Waals surface area contributed by atoms with Crippen molar-refractivity contribution < 1.29 is 22.5 Å².